The highest BCUT2D eigenvalue weighted by molar-refractivity contribution is 6.06. The Morgan fingerprint density at radius 1 is 1.31 bits per heavy atom. The summed E-state index contributed by atoms with van der Waals surface area (Å²) in [4.78, 5) is 34.5. The molecule has 1 fully saturated rings. The molecule has 158 valence electrons. The summed E-state index contributed by atoms with van der Waals surface area (Å²) in [5.41, 5.74) is 1.27. The highest BCUT2D eigenvalue weighted by Crippen LogP contribution is 2.35. The van der Waals surface area contributed by atoms with Gasteiger partial charge in [0.15, 0.2) is 5.65 Å². The van der Waals surface area contributed by atoms with Crippen molar-refractivity contribution in [2.24, 2.45) is 5.92 Å². The second kappa shape index (κ2) is 7.98. The molecule has 1 N–H and O–H groups in total. The van der Waals surface area contributed by atoms with Crippen LogP contribution in [0.5, 0.6) is 0 Å². The fourth-order valence-electron chi connectivity index (χ4n) is 3.35. The predicted octanol–water partition coefficient (Wildman–Crippen LogP) is 2.62. The molecule has 0 spiro atoms. The van der Waals surface area contributed by atoms with Crippen LogP contribution in [0.25, 0.3) is 11.0 Å². The molecule has 0 atom stereocenters. The van der Waals surface area contributed by atoms with Crippen LogP contribution in [-0.2, 0) is 20.9 Å². The zero-order valence-corrected chi connectivity index (χ0v) is 17.9. The third-order valence-corrected chi connectivity index (χ3v) is 4.98. The summed E-state index contributed by atoms with van der Waals surface area (Å²) >= 11 is 0. The van der Waals surface area contributed by atoms with Gasteiger partial charge < -0.3 is 10.1 Å². The van der Waals surface area contributed by atoms with E-state index in [1.54, 1.807) is 24.1 Å². The van der Waals surface area contributed by atoms with E-state index in [0.29, 0.717) is 36.3 Å². The second-order valence-corrected chi connectivity index (χ2v) is 8.27. The van der Waals surface area contributed by atoms with E-state index in [1.807, 2.05) is 27.7 Å². The SMILES string of the molecule is CCn1ncc2c(NC3CC(C(=O)OC(C)(C)C)C3)c(C(=O)N(C)OC)cnc21. The standard InChI is InChI=1S/C20H29N5O4/c1-7-25-17-14(11-22-25)16(15(10-21-17)18(26)24(5)28-6)23-13-8-12(9-13)19(27)29-20(2,3)4/h10-13H,7-9H2,1-6H3,(H,21,23). The molecule has 0 aliphatic heterocycles. The lowest BCUT2D eigenvalue weighted by atomic mass is 9.80. The molecule has 0 unspecified atom stereocenters. The Bertz CT molecular complexity index is 911. The van der Waals surface area contributed by atoms with Crippen LogP contribution >= 0.6 is 0 Å². The fraction of sp³-hybridized carbons (Fsp3) is 0.600. The topological polar surface area (TPSA) is 98.6 Å². The quantitative estimate of drug-likeness (QED) is 0.585. The van der Waals surface area contributed by atoms with Crippen molar-refractivity contribution < 1.29 is 19.2 Å². The summed E-state index contributed by atoms with van der Waals surface area (Å²) < 4.78 is 7.25. The van der Waals surface area contributed by atoms with E-state index in [1.165, 1.54) is 7.11 Å². The first kappa shape index (κ1) is 21.0. The molecular formula is C20H29N5O4. The van der Waals surface area contributed by atoms with Crippen LogP contribution in [0.1, 0.15) is 50.9 Å². The second-order valence-electron chi connectivity index (χ2n) is 8.27. The van der Waals surface area contributed by atoms with Crippen LogP contribution < -0.4 is 5.32 Å². The van der Waals surface area contributed by atoms with E-state index < -0.39 is 5.60 Å². The van der Waals surface area contributed by atoms with Gasteiger partial charge in [0.2, 0.25) is 0 Å². The van der Waals surface area contributed by atoms with Gasteiger partial charge in [0.25, 0.3) is 5.91 Å². The number of esters is 1. The number of hydrogen-bond donors (Lipinski definition) is 1. The smallest absolute Gasteiger partial charge is 0.309 e. The molecule has 29 heavy (non-hydrogen) atoms. The lowest BCUT2D eigenvalue weighted by molar-refractivity contribution is -0.163. The van der Waals surface area contributed by atoms with Gasteiger partial charge in [-0.3, -0.25) is 14.4 Å². The predicted molar refractivity (Wildman–Crippen MR) is 108 cm³/mol. The monoisotopic (exact) mass is 403 g/mol. The van der Waals surface area contributed by atoms with E-state index in [2.05, 4.69) is 15.4 Å². The van der Waals surface area contributed by atoms with E-state index in [-0.39, 0.29) is 23.8 Å². The molecule has 9 heteroatoms. The van der Waals surface area contributed by atoms with Gasteiger partial charge in [0, 0.05) is 25.8 Å². The van der Waals surface area contributed by atoms with E-state index in [0.717, 1.165) is 10.4 Å². The molecule has 1 amide bonds. The minimum absolute atomic E-state index is 0.0579. The number of ether oxygens (including phenoxy) is 1. The van der Waals surface area contributed by atoms with Crippen molar-refractivity contribution in [3.63, 3.8) is 0 Å². The molecule has 2 aromatic rings. The van der Waals surface area contributed by atoms with E-state index in [4.69, 9.17) is 9.57 Å². The van der Waals surface area contributed by atoms with Crippen molar-refractivity contribution in [2.75, 3.05) is 19.5 Å². The number of pyridine rings is 1. The van der Waals surface area contributed by atoms with E-state index in [9.17, 15) is 9.59 Å². The van der Waals surface area contributed by atoms with Crippen LogP contribution in [0.3, 0.4) is 0 Å². The number of nitrogens with one attached hydrogen (secondary N) is 1. The molecular weight excluding hydrogens is 374 g/mol. The average molecular weight is 403 g/mol. The average Bonchev–Trinajstić information content (AvgIpc) is 3.04. The number of rotatable bonds is 6. The molecule has 0 aromatic carbocycles. The number of fused-ring (bicyclic) bond motifs is 1. The molecule has 0 saturated heterocycles. The Labute approximate surface area is 170 Å². The van der Waals surface area contributed by atoms with Crippen LogP contribution in [0.15, 0.2) is 12.4 Å². The van der Waals surface area contributed by atoms with Gasteiger partial charge in [-0.05, 0) is 40.5 Å². The van der Waals surface area contributed by atoms with Crippen molar-refractivity contribution >= 4 is 28.6 Å². The van der Waals surface area contributed by atoms with Crippen molar-refractivity contribution in [1.82, 2.24) is 19.8 Å². The number of hydroxylamine groups is 2. The lowest BCUT2D eigenvalue weighted by Gasteiger charge is -2.36. The minimum atomic E-state index is -0.494. The number of carbonyl (C=O) groups excluding carboxylic acids is 2. The van der Waals surface area contributed by atoms with Crippen LogP contribution in [-0.4, -0.2) is 57.5 Å². The highest BCUT2D eigenvalue weighted by Gasteiger charge is 2.38. The van der Waals surface area contributed by atoms with Gasteiger partial charge in [0.05, 0.1) is 35.9 Å². The minimum Gasteiger partial charge on any atom is -0.460 e. The third-order valence-electron chi connectivity index (χ3n) is 4.98. The fourth-order valence-corrected chi connectivity index (χ4v) is 3.35. The van der Waals surface area contributed by atoms with Crippen LogP contribution in [0.4, 0.5) is 5.69 Å². The zero-order valence-electron chi connectivity index (χ0n) is 17.9. The largest absolute Gasteiger partial charge is 0.460 e. The molecule has 1 saturated carbocycles. The number of aromatic nitrogens is 3. The highest BCUT2D eigenvalue weighted by atomic mass is 16.7. The van der Waals surface area contributed by atoms with Crippen molar-refractivity contribution in [3.05, 3.63) is 18.0 Å². The molecule has 0 radical (unpaired) electrons. The molecule has 3 rings (SSSR count). The number of carbonyl (C=O) groups is 2. The number of aryl methyl sites for hydroxylation is 1. The van der Waals surface area contributed by atoms with Crippen molar-refractivity contribution in [2.45, 2.75) is 58.7 Å². The molecule has 1 aliphatic rings. The van der Waals surface area contributed by atoms with Crippen molar-refractivity contribution in [3.8, 4) is 0 Å². The van der Waals surface area contributed by atoms with Gasteiger partial charge in [-0.15, -0.1) is 0 Å². The molecule has 2 heterocycles. The Balaban J connectivity index is 1.83. The Kier molecular flexibility index (Phi) is 5.79. The first-order valence-corrected chi connectivity index (χ1v) is 9.80. The first-order valence-electron chi connectivity index (χ1n) is 9.80. The molecule has 1 aliphatic carbocycles. The van der Waals surface area contributed by atoms with E-state index >= 15 is 0 Å². The Morgan fingerprint density at radius 3 is 2.59 bits per heavy atom. The van der Waals surface area contributed by atoms with Gasteiger partial charge >= 0.3 is 5.97 Å². The van der Waals surface area contributed by atoms with Gasteiger partial charge in [-0.2, -0.15) is 5.10 Å². The van der Waals surface area contributed by atoms with Crippen LogP contribution in [0.2, 0.25) is 0 Å². The van der Waals surface area contributed by atoms with Gasteiger partial charge in [0.1, 0.15) is 5.60 Å². The maximum atomic E-state index is 12.8. The normalized spacial score (nSPS) is 19.0. The van der Waals surface area contributed by atoms with Gasteiger partial charge in [-0.1, -0.05) is 0 Å². The van der Waals surface area contributed by atoms with Crippen LogP contribution in [0, 0.1) is 5.92 Å². The first-order chi connectivity index (χ1) is 13.6. The summed E-state index contributed by atoms with van der Waals surface area (Å²) in [6.07, 6.45) is 4.55. The molecule has 2 aromatic heterocycles. The Morgan fingerprint density at radius 2 is 2.00 bits per heavy atom. The number of amides is 1. The summed E-state index contributed by atoms with van der Waals surface area (Å²) in [7, 11) is 2.98. The number of anilines is 1. The Hall–Kier alpha value is -2.68. The lowest BCUT2D eigenvalue weighted by Crippen LogP contribution is -2.42. The number of nitrogens with zero attached hydrogens (tertiary/aromatic N) is 4. The van der Waals surface area contributed by atoms with Gasteiger partial charge in [-0.25, -0.2) is 14.7 Å². The molecule has 0 bridgehead atoms. The number of hydrogen-bond acceptors (Lipinski definition) is 7. The summed E-state index contributed by atoms with van der Waals surface area (Å²) in [5, 5.41) is 9.71. The maximum absolute atomic E-state index is 12.8. The summed E-state index contributed by atoms with van der Waals surface area (Å²) in [6, 6.07) is 0.0579. The maximum Gasteiger partial charge on any atom is 0.309 e. The summed E-state index contributed by atoms with van der Waals surface area (Å²) in [5.74, 6) is -0.621. The van der Waals surface area contributed by atoms with Crippen molar-refractivity contribution in [1.29, 1.82) is 0 Å². The summed E-state index contributed by atoms with van der Waals surface area (Å²) in [6.45, 7) is 8.25. The zero-order chi connectivity index (χ0) is 21.3. The third kappa shape index (κ3) is 4.34. The molecule has 9 nitrogen and oxygen atoms in total.